The number of carbonyl (C=O) groups excluding carboxylic acids is 2. The average molecular weight is 437 g/mol. The summed E-state index contributed by atoms with van der Waals surface area (Å²) in [6, 6.07) is 5.66. The largest absolute Gasteiger partial charge is 0.505 e. The lowest BCUT2D eigenvalue weighted by molar-refractivity contribution is -0.146. The van der Waals surface area contributed by atoms with Gasteiger partial charge in [0.05, 0.1) is 23.6 Å². The number of nitrogens with zero attached hydrogens (tertiary/aromatic N) is 1. The average Bonchev–Trinajstić information content (AvgIpc) is 2.91. The molecule has 0 aliphatic carbocycles. The highest BCUT2D eigenvalue weighted by Gasteiger charge is 2.30. The Balaban J connectivity index is 2.13. The van der Waals surface area contributed by atoms with E-state index in [1.165, 1.54) is 6.92 Å². The van der Waals surface area contributed by atoms with Crippen molar-refractivity contribution in [3.8, 4) is 5.75 Å². The molecule has 164 valence electrons. The lowest BCUT2D eigenvalue weighted by Gasteiger charge is -2.10. The van der Waals surface area contributed by atoms with Crippen molar-refractivity contribution in [3.05, 3.63) is 64.6 Å². The molecule has 1 N–H and O–H groups in total. The molecule has 0 aliphatic heterocycles. The Hall–Kier alpha value is -3.36. The van der Waals surface area contributed by atoms with Crippen molar-refractivity contribution in [2.75, 3.05) is 0 Å². The minimum absolute atomic E-state index is 0.0576. The van der Waals surface area contributed by atoms with Gasteiger partial charge in [0.1, 0.15) is 0 Å². The van der Waals surface area contributed by atoms with Gasteiger partial charge in [0.15, 0.2) is 11.6 Å². The second-order valence-electron chi connectivity index (χ2n) is 7.32. The smallest absolute Gasteiger partial charge is 0.416 e. The normalized spacial score (nSPS) is 11.9. The fourth-order valence-corrected chi connectivity index (χ4v) is 3.35. The van der Waals surface area contributed by atoms with Gasteiger partial charge in [-0.25, -0.2) is 4.39 Å². The zero-order valence-corrected chi connectivity index (χ0v) is 16.9. The number of carbonyl (C=O) groups is 2. The molecule has 5 nitrogen and oxygen atoms in total. The molecule has 0 unspecified atom stereocenters. The van der Waals surface area contributed by atoms with E-state index in [1.54, 1.807) is 13.8 Å². The number of alkyl halides is 3. The highest BCUT2D eigenvalue weighted by Crippen LogP contribution is 2.33. The van der Waals surface area contributed by atoms with E-state index < -0.39 is 35.2 Å². The molecule has 0 bridgehead atoms. The van der Waals surface area contributed by atoms with Gasteiger partial charge in [0.25, 0.3) is 5.91 Å². The zero-order valence-electron chi connectivity index (χ0n) is 16.9. The number of ether oxygens (including phenoxy) is 1. The molecule has 1 aromatic heterocycles. The minimum atomic E-state index is -4.55. The van der Waals surface area contributed by atoms with E-state index in [1.807, 2.05) is 0 Å². The van der Waals surface area contributed by atoms with Crippen LogP contribution in [0.15, 0.2) is 36.4 Å². The van der Waals surface area contributed by atoms with Gasteiger partial charge in [-0.3, -0.25) is 14.2 Å². The SMILES string of the molecule is Cc1c(CC(=O)OC(C)C)c2cc(O)c(F)cc2n1C(=O)c1ccc(C(F)(F)F)cc1. The van der Waals surface area contributed by atoms with E-state index in [4.69, 9.17) is 4.74 Å². The molecule has 2 aromatic carbocycles. The molecule has 0 amide bonds. The molecule has 3 aromatic rings. The number of phenols is 1. The number of rotatable bonds is 4. The number of aromatic nitrogens is 1. The standard InChI is InChI=1S/C22H19F4NO4/c1-11(2)31-20(29)9-15-12(3)27(18-10-17(23)19(28)8-16(15)18)21(30)13-4-6-14(7-5-13)22(24,25)26/h4-8,10-11,28H,9H2,1-3H3. The van der Waals surface area contributed by atoms with Crippen LogP contribution in [0.2, 0.25) is 0 Å². The molecule has 0 atom stereocenters. The first-order valence-electron chi connectivity index (χ1n) is 9.34. The molecular weight excluding hydrogens is 418 g/mol. The van der Waals surface area contributed by atoms with Crippen LogP contribution < -0.4 is 0 Å². The molecular formula is C22H19F4NO4. The maximum atomic E-state index is 14.1. The molecule has 0 spiro atoms. The first-order chi connectivity index (χ1) is 14.4. The summed E-state index contributed by atoms with van der Waals surface area (Å²) in [4.78, 5) is 25.3. The number of halogens is 4. The Morgan fingerprint density at radius 1 is 1.13 bits per heavy atom. The number of esters is 1. The predicted octanol–water partition coefficient (Wildman–Crippen LogP) is 5.00. The van der Waals surface area contributed by atoms with Crippen LogP contribution in [0.5, 0.6) is 5.75 Å². The predicted molar refractivity (Wildman–Crippen MR) is 104 cm³/mol. The van der Waals surface area contributed by atoms with Gasteiger partial charge in [0.2, 0.25) is 0 Å². The summed E-state index contributed by atoms with van der Waals surface area (Å²) in [5.74, 6) is -2.93. The van der Waals surface area contributed by atoms with Crippen molar-refractivity contribution in [2.45, 2.75) is 39.5 Å². The molecule has 0 aliphatic rings. The Bertz CT molecular complexity index is 1160. The number of fused-ring (bicyclic) bond motifs is 1. The molecule has 31 heavy (non-hydrogen) atoms. The lowest BCUT2D eigenvalue weighted by atomic mass is 10.1. The molecule has 1 heterocycles. The summed E-state index contributed by atoms with van der Waals surface area (Å²) in [6.07, 6.45) is -5.16. The molecule has 0 radical (unpaired) electrons. The molecule has 0 fully saturated rings. The van der Waals surface area contributed by atoms with Crippen molar-refractivity contribution in [1.82, 2.24) is 4.57 Å². The van der Waals surface area contributed by atoms with Crippen LogP contribution in [0.25, 0.3) is 10.9 Å². The number of phenolic OH excluding ortho intramolecular Hbond substituents is 1. The Labute approximate surface area is 174 Å². The van der Waals surface area contributed by atoms with Crippen LogP contribution in [0, 0.1) is 12.7 Å². The third kappa shape index (κ3) is 4.40. The van der Waals surface area contributed by atoms with Gasteiger partial charge < -0.3 is 9.84 Å². The van der Waals surface area contributed by atoms with Crippen molar-refractivity contribution >= 4 is 22.8 Å². The fraction of sp³-hybridized carbons (Fsp3) is 0.273. The highest BCUT2D eigenvalue weighted by molar-refractivity contribution is 6.05. The van der Waals surface area contributed by atoms with Crippen LogP contribution in [0.3, 0.4) is 0 Å². The van der Waals surface area contributed by atoms with Crippen LogP contribution in [-0.2, 0) is 22.1 Å². The summed E-state index contributed by atoms with van der Waals surface area (Å²) >= 11 is 0. The van der Waals surface area contributed by atoms with Gasteiger partial charge in [-0.1, -0.05) is 0 Å². The second-order valence-corrected chi connectivity index (χ2v) is 7.32. The topological polar surface area (TPSA) is 68.5 Å². The van der Waals surface area contributed by atoms with Crippen molar-refractivity contribution in [3.63, 3.8) is 0 Å². The summed E-state index contributed by atoms with van der Waals surface area (Å²) in [7, 11) is 0. The van der Waals surface area contributed by atoms with Gasteiger partial charge in [-0.2, -0.15) is 13.2 Å². The van der Waals surface area contributed by atoms with Crippen LogP contribution in [-0.4, -0.2) is 27.7 Å². The van der Waals surface area contributed by atoms with Gasteiger partial charge in [-0.05, 0) is 56.7 Å². The number of hydrogen-bond donors (Lipinski definition) is 1. The zero-order chi connectivity index (χ0) is 23.1. The van der Waals surface area contributed by atoms with Crippen molar-refractivity contribution in [1.29, 1.82) is 0 Å². The maximum absolute atomic E-state index is 14.1. The number of aromatic hydroxyl groups is 1. The number of hydrogen-bond acceptors (Lipinski definition) is 4. The van der Waals surface area contributed by atoms with Gasteiger partial charge >= 0.3 is 12.1 Å². The van der Waals surface area contributed by atoms with Gasteiger partial charge in [-0.15, -0.1) is 0 Å². The van der Waals surface area contributed by atoms with E-state index in [0.29, 0.717) is 5.56 Å². The summed E-state index contributed by atoms with van der Waals surface area (Å²) in [5.41, 5.74) is -0.268. The number of benzene rings is 2. The second kappa shape index (κ2) is 8.05. The van der Waals surface area contributed by atoms with Crippen molar-refractivity contribution < 1.29 is 37.0 Å². The van der Waals surface area contributed by atoms with Crippen LogP contribution in [0.1, 0.15) is 41.0 Å². The highest BCUT2D eigenvalue weighted by atomic mass is 19.4. The summed E-state index contributed by atoms with van der Waals surface area (Å²) in [5, 5.41) is 10.1. The van der Waals surface area contributed by atoms with Crippen molar-refractivity contribution in [2.24, 2.45) is 0 Å². The molecule has 3 rings (SSSR count). The maximum Gasteiger partial charge on any atom is 0.416 e. The minimum Gasteiger partial charge on any atom is -0.505 e. The van der Waals surface area contributed by atoms with Crippen LogP contribution >= 0.6 is 0 Å². The summed E-state index contributed by atoms with van der Waals surface area (Å²) in [6.45, 7) is 4.86. The molecule has 9 heteroatoms. The van der Waals surface area contributed by atoms with E-state index in [0.717, 1.165) is 41.0 Å². The quantitative estimate of drug-likeness (QED) is 0.461. The Morgan fingerprint density at radius 2 is 1.74 bits per heavy atom. The van der Waals surface area contributed by atoms with E-state index >= 15 is 0 Å². The Morgan fingerprint density at radius 3 is 2.29 bits per heavy atom. The fourth-order valence-electron chi connectivity index (χ4n) is 3.35. The third-order valence-electron chi connectivity index (χ3n) is 4.75. The van der Waals surface area contributed by atoms with Gasteiger partial charge in [0, 0.05) is 22.7 Å². The first kappa shape index (κ1) is 22.3. The van der Waals surface area contributed by atoms with E-state index in [2.05, 4.69) is 0 Å². The third-order valence-corrected chi connectivity index (χ3v) is 4.75. The monoisotopic (exact) mass is 437 g/mol. The van der Waals surface area contributed by atoms with E-state index in [-0.39, 0.29) is 34.7 Å². The van der Waals surface area contributed by atoms with Crippen LogP contribution in [0.4, 0.5) is 17.6 Å². The molecule has 0 saturated heterocycles. The molecule has 0 saturated carbocycles. The Kier molecular flexibility index (Phi) is 5.80. The first-order valence-corrected chi connectivity index (χ1v) is 9.34. The summed E-state index contributed by atoms with van der Waals surface area (Å²) < 4.78 is 58.8. The lowest BCUT2D eigenvalue weighted by Crippen LogP contribution is -2.16. The van der Waals surface area contributed by atoms with E-state index in [9.17, 15) is 32.3 Å².